The van der Waals surface area contributed by atoms with Gasteiger partial charge in [0.15, 0.2) is 0 Å². The van der Waals surface area contributed by atoms with E-state index < -0.39 is 0 Å². The van der Waals surface area contributed by atoms with Crippen molar-refractivity contribution in [2.24, 2.45) is 0 Å². The van der Waals surface area contributed by atoms with Crippen LogP contribution in [0.5, 0.6) is 0 Å². The van der Waals surface area contributed by atoms with E-state index in [4.69, 9.17) is 16.9 Å². The molecule has 0 heterocycles. The number of rotatable bonds is 2. The zero-order valence-corrected chi connectivity index (χ0v) is 8.22. The van der Waals surface area contributed by atoms with Crippen LogP contribution in [0.15, 0.2) is 24.3 Å². The third-order valence-corrected chi connectivity index (χ3v) is 2.74. The molecular weight excluding hydrogens is 225 g/mol. The van der Waals surface area contributed by atoms with Gasteiger partial charge in [0, 0.05) is 0 Å². The van der Waals surface area contributed by atoms with E-state index >= 15 is 0 Å². The molecule has 56 valence electrons. The Kier molecular flexibility index (Phi) is 3.45. The van der Waals surface area contributed by atoms with Gasteiger partial charge in [0.1, 0.15) is 0 Å². The van der Waals surface area contributed by atoms with Gasteiger partial charge in [-0.15, -0.1) is 0 Å². The molecule has 0 spiro atoms. The van der Waals surface area contributed by atoms with Crippen LogP contribution in [-0.2, 0) is 5.32 Å². The fourth-order valence-corrected chi connectivity index (χ4v) is 1.71. The molecule has 0 N–H and O–H groups in total. The van der Waals surface area contributed by atoms with Gasteiger partial charge in [-0.1, -0.05) is 0 Å². The Morgan fingerprint density at radius 1 is 1.36 bits per heavy atom. The SMILES string of the molecule is N#C[Se]Cc1ccc(Cl)cc1. The van der Waals surface area contributed by atoms with Crippen molar-refractivity contribution in [3.63, 3.8) is 0 Å². The number of halogens is 1. The zero-order valence-electron chi connectivity index (χ0n) is 5.75. The normalized spacial score (nSPS) is 9.09. The van der Waals surface area contributed by atoms with E-state index in [1.165, 1.54) is 5.56 Å². The molecule has 0 saturated heterocycles. The van der Waals surface area contributed by atoms with Crippen molar-refractivity contribution in [3.05, 3.63) is 34.9 Å². The monoisotopic (exact) mass is 231 g/mol. The Morgan fingerprint density at radius 3 is 2.55 bits per heavy atom. The van der Waals surface area contributed by atoms with E-state index in [0.29, 0.717) is 0 Å². The second-order valence-electron chi connectivity index (χ2n) is 2.01. The fraction of sp³-hybridized carbons (Fsp3) is 0.125. The third kappa shape index (κ3) is 2.94. The Labute approximate surface area is 77.1 Å². The zero-order chi connectivity index (χ0) is 8.10. The quantitative estimate of drug-likeness (QED) is 0.713. The minimum absolute atomic E-state index is 0.0772. The van der Waals surface area contributed by atoms with Crippen molar-refractivity contribution in [1.29, 1.82) is 5.26 Å². The van der Waals surface area contributed by atoms with Crippen molar-refractivity contribution in [3.8, 4) is 4.97 Å². The molecule has 0 aliphatic heterocycles. The van der Waals surface area contributed by atoms with Crippen LogP contribution in [0.4, 0.5) is 0 Å². The van der Waals surface area contributed by atoms with E-state index in [1.807, 2.05) is 24.3 Å². The molecule has 3 heteroatoms. The van der Waals surface area contributed by atoms with Gasteiger partial charge in [-0.25, -0.2) is 0 Å². The van der Waals surface area contributed by atoms with Crippen molar-refractivity contribution in [2.45, 2.75) is 5.32 Å². The molecule has 0 unspecified atom stereocenters. The van der Waals surface area contributed by atoms with Crippen LogP contribution in [-0.4, -0.2) is 15.0 Å². The summed E-state index contributed by atoms with van der Waals surface area (Å²) < 4.78 is 0. The van der Waals surface area contributed by atoms with Crippen LogP contribution in [0.3, 0.4) is 0 Å². The first-order chi connectivity index (χ1) is 5.33. The minimum atomic E-state index is 0.0772. The fourth-order valence-electron chi connectivity index (χ4n) is 0.696. The maximum atomic E-state index is 8.33. The van der Waals surface area contributed by atoms with Gasteiger partial charge in [0.25, 0.3) is 0 Å². The molecule has 0 bridgehead atoms. The maximum absolute atomic E-state index is 8.33. The molecule has 0 amide bonds. The molecule has 0 aliphatic rings. The molecule has 0 aromatic heterocycles. The number of nitriles is 1. The molecular formula is C8H6ClNSe. The Bertz CT molecular complexity index is 262. The first-order valence-corrected chi connectivity index (χ1v) is 5.53. The van der Waals surface area contributed by atoms with Crippen LogP contribution >= 0.6 is 11.6 Å². The van der Waals surface area contributed by atoms with E-state index in [-0.39, 0.29) is 15.0 Å². The van der Waals surface area contributed by atoms with Crippen LogP contribution in [0.1, 0.15) is 5.56 Å². The molecule has 1 nitrogen and oxygen atoms in total. The van der Waals surface area contributed by atoms with Gasteiger partial charge < -0.3 is 0 Å². The first-order valence-electron chi connectivity index (χ1n) is 3.08. The van der Waals surface area contributed by atoms with Crippen LogP contribution in [0.25, 0.3) is 0 Å². The van der Waals surface area contributed by atoms with Crippen LogP contribution < -0.4 is 0 Å². The van der Waals surface area contributed by atoms with Crippen LogP contribution in [0, 0.1) is 10.2 Å². The van der Waals surface area contributed by atoms with E-state index in [2.05, 4.69) is 4.97 Å². The predicted molar refractivity (Wildman–Crippen MR) is 46.5 cm³/mol. The second-order valence-corrected chi connectivity index (χ2v) is 4.04. The number of benzene rings is 1. The molecule has 0 atom stereocenters. The van der Waals surface area contributed by atoms with Gasteiger partial charge in [0.2, 0.25) is 0 Å². The van der Waals surface area contributed by atoms with Crippen molar-refractivity contribution in [1.82, 2.24) is 0 Å². The molecule has 11 heavy (non-hydrogen) atoms. The predicted octanol–water partition coefficient (Wildman–Crippen LogP) is 2.03. The van der Waals surface area contributed by atoms with Crippen LogP contribution in [0.2, 0.25) is 5.02 Å². The van der Waals surface area contributed by atoms with E-state index in [9.17, 15) is 0 Å². The number of nitrogens with zero attached hydrogens (tertiary/aromatic N) is 1. The molecule has 1 aromatic carbocycles. The topological polar surface area (TPSA) is 23.8 Å². The van der Waals surface area contributed by atoms with Gasteiger partial charge in [-0.2, -0.15) is 0 Å². The standard InChI is InChI=1S/C8H6ClNSe/c9-8-3-1-7(2-4-8)5-11-6-10/h1-4H,5H2. The summed E-state index contributed by atoms with van der Waals surface area (Å²) in [6.45, 7) is 0. The van der Waals surface area contributed by atoms with Gasteiger partial charge in [-0.05, 0) is 0 Å². The summed E-state index contributed by atoms with van der Waals surface area (Å²) in [5.41, 5.74) is 1.19. The first kappa shape index (κ1) is 8.61. The van der Waals surface area contributed by atoms with Crippen molar-refractivity contribution in [2.75, 3.05) is 0 Å². The molecule has 1 rings (SSSR count). The Hall–Kier alpha value is -0.481. The summed E-state index contributed by atoms with van der Waals surface area (Å²) in [6, 6.07) is 7.62. The van der Waals surface area contributed by atoms with E-state index in [1.54, 1.807) is 0 Å². The number of hydrogen-bond acceptors (Lipinski definition) is 1. The average Bonchev–Trinajstić information content (AvgIpc) is 2.04. The Balaban J connectivity index is 2.60. The third-order valence-electron chi connectivity index (χ3n) is 1.22. The second kappa shape index (κ2) is 4.41. The van der Waals surface area contributed by atoms with Crippen molar-refractivity contribution < 1.29 is 0 Å². The van der Waals surface area contributed by atoms with Gasteiger partial charge in [0.05, 0.1) is 0 Å². The van der Waals surface area contributed by atoms with E-state index in [0.717, 1.165) is 10.3 Å². The summed E-state index contributed by atoms with van der Waals surface area (Å²) >= 11 is 5.76. The van der Waals surface area contributed by atoms with Gasteiger partial charge in [-0.3, -0.25) is 0 Å². The number of hydrogen-bond donors (Lipinski definition) is 0. The van der Waals surface area contributed by atoms with Gasteiger partial charge >= 0.3 is 77.0 Å². The molecule has 0 saturated carbocycles. The summed E-state index contributed by atoms with van der Waals surface area (Å²) in [4.78, 5) is 2.16. The molecule has 1 aromatic rings. The summed E-state index contributed by atoms with van der Waals surface area (Å²) in [6.07, 6.45) is 0. The molecule has 0 radical (unpaired) electrons. The summed E-state index contributed by atoms with van der Waals surface area (Å²) in [5, 5.41) is 9.96. The van der Waals surface area contributed by atoms with Crippen molar-refractivity contribution >= 4 is 26.6 Å². The Morgan fingerprint density at radius 2 is 2.00 bits per heavy atom. The average molecular weight is 231 g/mol. The molecule has 0 fully saturated rings. The summed E-state index contributed by atoms with van der Waals surface area (Å²) in [7, 11) is 0. The molecule has 0 aliphatic carbocycles. The summed E-state index contributed by atoms with van der Waals surface area (Å²) in [5.74, 6) is 0.